The van der Waals surface area contributed by atoms with Crippen molar-refractivity contribution in [1.29, 1.82) is 0 Å². The highest BCUT2D eigenvalue weighted by Crippen LogP contribution is 2.20. The van der Waals surface area contributed by atoms with Crippen LogP contribution in [0.4, 0.5) is 5.69 Å². The van der Waals surface area contributed by atoms with Gasteiger partial charge in [-0.15, -0.1) is 0 Å². The van der Waals surface area contributed by atoms with E-state index in [2.05, 4.69) is 17.3 Å². The monoisotopic (exact) mass is 396 g/mol. The van der Waals surface area contributed by atoms with E-state index in [4.69, 9.17) is 11.6 Å². The molecule has 0 aliphatic carbocycles. The first-order chi connectivity index (χ1) is 13.4. The van der Waals surface area contributed by atoms with Gasteiger partial charge in [-0.3, -0.25) is 9.69 Å². The molecule has 0 radical (unpaired) electrons. The lowest BCUT2D eigenvalue weighted by molar-refractivity contribution is -0.120. The number of aromatic nitrogens is 2. The normalized spacial score (nSPS) is 12.2. The zero-order valence-corrected chi connectivity index (χ0v) is 17.4. The largest absolute Gasteiger partial charge is 0.325 e. The van der Waals surface area contributed by atoms with Crippen LogP contribution in [0.3, 0.4) is 0 Å². The van der Waals surface area contributed by atoms with Crippen molar-refractivity contribution in [2.75, 3.05) is 12.4 Å². The van der Waals surface area contributed by atoms with Crippen molar-refractivity contribution in [2.45, 2.75) is 33.4 Å². The molecule has 6 heteroatoms. The van der Waals surface area contributed by atoms with Gasteiger partial charge in [-0.25, -0.2) is 4.68 Å². The van der Waals surface area contributed by atoms with E-state index in [9.17, 15) is 4.79 Å². The summed E-state index contributed by atoms with van der Waals surface area (Å²) >= 11 is 5.99. The number of hydrogen-bond acceptors (Lipinski definition) is 3. The molecule has 0 unspecified atom stereocenters. The summed E-state index contributed by atoms with van der Waals surface area (Å²) in [6.45, 7) is 6.60. The number of hydrogen-bond donors (Lipinski definition) is 1. The molecule has 1 atom stereocenters. The Bertz CT molecular complexity index is 968. The molecule has 0 fully saturated rings. The highest BCUT2D eigenvalue weighted by molar-refractivity contribution is 6.30. The fraction of sp³-hybridized carbons (Fsp3) is 0.273. The first kappa shape index (κ1) is 20.1. The van der Waals surface area contributed by atoms with E-state index in [1.807, 2.05) is 72.9 Å². The lowest BCUT2D eigenvalue weighted by Crippen LogP contribution is -2.39. The van der Waals surface area contributed by atoms with Crippen molar-refractivity contribution in [1.82, 2.24) is 14.7 Å². The Balaban J connectivity index is 1.72. The molecule has 1 amide bonds. The molecule has 3 aromatic rings. The first-order valence-corrected chi connectivity index (χ1v) is 9.62. The van der Waals surface area contributed by atoms with Gasteiger partial charge in [-0.2, -0.15) is 5.10 Å². The van der Waals surface area contributed by atoms with Gasteiger partial charge in [0.1, 0.15) is 0 Å². The number of anilines is 1. The number of aryl methyl sites for hydroxylation is 1. The van der Waals surface area contributed by atoms with Gasteiger partial charge in [0.2, 0.25) is 5.91 Å². The summed E-state index contributed by atoms with van der Waals surface area (Å²) in [5, 5.41) is 8.21. The second-order valence-electron chi connectivity index (χ2n) is 6.99. The van der Waals surface area contributed by atoms with Crippen molar-refractivity contribution in [3.05, 3.63) is 76.6 Å². The lowest BCUT2D eigenvalue weighted by Gasteiger charge is -2.24. The van der Waals surface area contributed by atoms with Gasteiger partial charge in [0.15, 0.2) is 0 Å². The van der Waals surface area contributed by atoms with Crippen molar-refractivity contribution < 1.29 is 4.79 Å². The third-order valence-corrected chi connectivity index (χ3v) is 5.22. The Morgan fingerprint density at radius 3 is 2.57 bits per heavy atom. The molecule has 0 aliphatic heterocycles. The molecule has 1 N–H and O–H groups in total. The van der Waals surface area contributed by atoms with E-state index in [0.29, 0.717) is 17.3 Å². The van der Waals surface area contributed by atoms with Crippen LogP contribution in [-0.4, -0.2) is 33.7 Å². The minimum absolute atomic E-state index is 0.0736. The van der Waals surface area contributed by atoms with Crippen LogP contribution in [0.5, 0.6) is 0 Å². The highest BCUT2D eigenvalue weighted by Gasteiger charge is 2.21. The van der Waals surface area contributed by atoms with E-state index < -0.39 is 0 Å². The van der Waals surface area contributed by atoms with Gasteiger partial charge in [0, 0.05) is 28.5 Å². The van der Waals surface area contributed by atoms with Gasteiger partial charge < -0.3 is 5.32 Å². The number of carbonyl (C=O) groups is 1. The van der Waals surface area contributed by atoms with E-state index in [1.54, 1.807) is 12.1 Å². The number of nitrogens with one attached hydrogen (secondary N) is 1. The molecule has 0 bridgehead atoms. The van der Waals surface area contributed by atoms with Gasteiger partial charge in [0.05, 0.1) is 17.4 Å². The molecule has 28 heavy (non-hydrogen) atoms. The van der Waals surface area contributed by atoms with Gasteiger partial charge in [-0.1, -0.05) is 35.9 Å². The molecule has 1 heterocycles. The number of benzene rings is 2. The van der Waals surface area contributed by atoms with Crippen LogP contribution in [-0.2, 0) is 11.3 Å². The Morgan fingerprint density at radius 1 is 1.18 bits per heavy atom. The molecule has 146 valence electrons. The fourth-order valence-electron chi connectivity index (χ4n) is 3.12. The number of rotatable bonds is 6. The Labute approximate surface area is 170 Å². The molecule has 0 spiro atoms. The number of halogens is 1. The van der Waals surface area contributed by atoms with Crippen LogP contribution >= 0.6 is 11.6 Å². The summed E-state index contributed by atoms with van der Waals surface area (Å²) in [5.41, 5.74) is 4.91. The molecule has 0 saturated heterocycles. The Kier molecular flexibility index (Phi) is 6.17. The summed E-state index contributed by atoms with van der Waals surface area (Å²) in [4.78, 5) is 14.7. The second-order valence-corrected chi connectivity index (χ2v) is 7.42. The average Bonchev–Trinajstić information content (AvgIpc) is 2.96. The van der Waals surface area contributed by atoms with Crippen molar-refractivity contribution in [3.8, 4) is 5.69 Å². The van der Waals surface area contributed by atoms with Crippen LogP contribution in [0.15, 0.2) is 54.6 Å². The third kappa shape index (κ3) is 4.43. The summed E-state index contributed by atoms with van der Waals surface area (Å²) in [7, 11) is 1.95. The molecule has 1 aromatic heterocycles. The number of amides is 1. The maximum atomic E-state index is 12.6. The van der Waals surface area contributed by atoms with E-state index in [-0.39, 0.29) is 11.9 Å². The molecule has 0 aliphatic rings. The number of carbonyl (C=O) groups excluding carboxylic acids is 1. The van der Waals surface area contributed by atoms with E-state index in [1.165, 1.54) is 0 Å². The topological polar surface area (TPSA) is 50.2 Å². The van der Waals surface area contributed by atoms with Crippen LogP contribution in [0.2, 0.25) is 5.02 Å². The Hall–Kier alpha value is -2.63. The predicted molar refractivity (Wildman–Crippen MR) is 114 cm³/mol. The van der Waals surface area contributed by atoms with Crippen LogP contribution in [0, 0.1) is 13.8 Å². The number of nitrogens with zero attached hydrogens (tertiary/aromatic N) is 3. The van der Waals surface area contributed by atoms with Gasteiger partial charge >= 0.3 is 0 Å². The van der Waals surface area contributed by atoms with E-state index >= 15 is 0 Å². The summed E-state index contributed by atoms with van der Waals surface area (Å²) in [6, 6.07) is 16.9. The third-order valence-electron chi connectivity index (χ3n) is 4.98. The minimum Gasteiger partial charge on any atom is -0.325 e. The predicted octanol–water partition coefficient (Wildman–Crippen LogP) is 4.60. The van der Waals surface area contributed by atoms with Gasteiger partial charge in [0.25, 0.3) is 0 Å². The number of para-hydroxylation sites is 1. The molecular formula is C22H25ClN4O. The molecule has 2 aromatic carbocycles. The summed E-state index contributed by atoms with van der Waals surface area (Å²) < 4.78 is 1.95. The number of likely N-dealkylation sites (N-methyl/N-ethyl adjacent to an activating group) is 1. The lowest BCUT2D eigenvalue weighted by atomic mass is 10.1. The SMILES string of the molecule is Cc1nn(-c2ccccc2)c(C)c1CN(C)[C@@H](C)C(=O)Nc1cccc(Cl)c1. The van der Waals surface area contributed by atoms with Crippen molar-refractivity contribution in [2.24, 2.45) is 0 Å². The van der Waals surface area contributed by atoms with Gasteiger partial charge in [-0.05, 0) is 58.2 Å². The smallest absolute Gasteiger partial charge is 0.241 e. The second kappa shape index (κ2) is 8.59. The summed E-state index contributed by atoms with van der Waals surface area (Å²) in [5.74, 6) is -0.0736. The quantitative estimate of drug-likeness (QED) is 0.662. The van der Waals surface area contributed by atoms with Crippen LogP contribution in [0.1, 0.15) is 23.9 Å². The zero-order chi connectivity index (χ0) is 20.3. The standard InChI is InChI=1S/C22H25ClN4O/c1-15-21(16(2)27(25-15)20-11-6-5-7-12-20)14-26(4)17(3)22(28)24-19-10-8-9-18(23)13-19/h5-13,17H,14H2,1-4H3,(H,24,28)/t17-/m0/s1. The summed E-state index contributed by atoms with van der Waals surface area (Å²) in [6.07, 6.45) is 0. The Morgan fingerprint density at radius 2 is 1.89 bits per heavy atom. The zero-order valence-electron chi connectivity index (χ0n) is 16.6. The van der Waals surface area contributed by atoms with Crippen molar-refractivity contribution >= 4 is 23.2 Å². The molecular weight excluding hydrogens is 372 g/mol. The molecule has 0 saturated carbocycles. The van der Waals surface area contributed by atoms with Crippen LogP contribution < -0.4 is 5.32 Å². The maximum Gasteiger partial charge on any atom is 0.241 e. The molecule has 3 rings (SSSR count). The fourth-order valence-corrected chi connectivity index (χ4v) is 3.31. The van der Waals surface area contributed by atoms with Crippen LogP contribution in [0.25, 0.3) is 5.69 Å². The van der Waals surface area contributed by atoms with Crippen molar-refractivity contribution in [3.63, 3.8) is 0 Å². The van der Waals surface area contributed by atoms with E-state index in [0.717, 1.165) is 22.6 Å². The first-order valence-electron chi connectivity index (χ1n) is 9.24. The average molecular weight is 397 g/mol. The maximum absolute atomic E-state index is 12.6. The minimum atomic E-state index is -0.308. The highest BCUT2D eigenvalue weighted by atomic mass is 35.5. The molecule has 5 nitrogen and oxygen atoms in total.